The van der Waals surface area contributed by atoms with Crippen molar-refractivity contribution in [2.45, 2.75) is 31.8 Å². The Balaban J connectivity index is 1.47. The average Bonchev–Trinajstić information content (AvgIpc) is 3.47. The fourth-order valence-corrected chi connectivity index (χ4v) is 4.90. The van der Waals surface area contributed by atoms with Crippen LogP contribution in [0.25, 0.3) is 11.0 Å². The van der Waals surface area contributed by atoms with Crippen LogP contribution in [-0.2, 0) is 16.0 Å². The molecule has 4 amide bonds. The van der Waals surface area contributed by atoms with Crippen molar-refractivity contribution in [3.63, 3.8) is 0 Å². The second-order valence-corrected chi connectivity index (χ2v) is 10.3. The van der Waals surface area contributed by atoms with Gasteiger partial charge in [0.2, 0.25) is 11.8 Å². The molecule has 0 fully saturated rings. The molecule has 0 unspecified atom stereocenters. The number of rotatable bonds is 2. The van der Waals surface area contributed by atoms with Crippen molar-refractivity contribution in [3.05, 3.63) is 101 Å². The molecule has 1 aliphatic rings. The lowest BCUT2D eigenvalue weighted by atomic mass is 10.0. The van der Waals surface area contributed by atoms with Gasteiger partial charge in [-0.3, -0.25) is 19.2 Å². The number of imidazole rings is 1. The van der Waals surface area contributed by atoms with E-state index in [9.17, 15) is 23.6 Å². The topological polar surface area (TPSA) is 136 Å². The molecule has 5 rings (SSSR count). The summed E-state index contributed by atoms with van der Waals surface area (Å²) in [6.45, 7) is 1.54. The van der Waals surface area contributed by atoms with E-state index in [1.54, 1.807) is 48.5 Å². The van der Waals surface area contributed by atoms with Gasteiger partial charge < -0.3 is 25.8 Å². The second kappa shape index (κ2) is 12.6. The third-order valence-corrected chi connectivity index (χ3v) is 7.19. The highest BCUT2D eigenvalue weighted by molar-refractivity contribution is 5.99. The molecule has 2 heterocycles. The molecule has 4 N–H and O–H groups in total. The van der Waals surface area contributed by atoms with Gasteiger partial charge in [-0.2, -0.15) is 0 Å². The first-order chi connectivity index (χ1) is 20.3. The number of halogens is 1. The summed E-state index contributed by atoms with van der Waals surface area (Å²) in [4.78, 5) is 61.7. The molecule has 1 aliphatic heterocycles. The zero-order valence-electron chi connectivity index (χ0n) is 23.0. The molecule has 2 bridgehead atoms. The van der Waals surface area contributed by atoms with Crippen LogP contribution in [0.3, 0.4) is 0 Å². The van der Waals surface area contributed by atoms with Gasteiger partial charge >= 0.3 is 0 Å². The van der Waals surface area contributed by atoms with E-state index in [2.05, 4.69) is 25.9 Å². The number of carbonyl (C=O) groups is 4. The van der Waals surface area contributed by atoms with E-state index in [1.165, 1.54) is 30.3 Å². The second-order valence-electron chi connectivity index (χ2n) is 10.3. The number of H-pyrrole nitrogens is 1. The average molecular weight is 571 g/mol. The number of nitrogens with zero attached hydrogens (tertiary/aromatic N) is 2. The van der Waals surface area contributed by atoms with Gasteiger partial charge in [0.05, 0.1) is 35.5 Å². The number of benzene rings is 3. The van der Waals surface area contributed by atoms with Crippen LogP contribution in [-0.4, -0.2) is 64.2 Å². The van der Waals surface area contributed by atoms with Crippen LogP contribution < -0.4 is 16.0 Å². The third-order valence-electron chi connectivity index (χ3n) is 7.19. The van der Waals surface area contributed by atoms with Crippen LogP contribution >= 0.6 is 0 Å². The first kappa shape index (κ1) is 28.5. The summed E-state index contributed by atoms with van der Waals surface area (Å²) in [5, 5.41) is 8.33. The number of aromatic nitrogens is 2. The van der Waals surface area contributed by atoms with Crippen LogP contribution in [0.4, 0.5) is 4.39 Å². The molecule has 1 aromatic heterocycles. The molecule has 4 aromatic rings. The molecule has 0 aliphatic carbocycles. The summed E-state index contributed by atoms with van der Waals surface area (Å²) >= 11 is 0. The van der Waals surface area contributed by atoms with Gasteiger partial charge in [0.25, 0.3) is 11.8 Å². The summed E-state index contributed by atoms with van der Waals surface area (Å²) in [7, 11) is 0. The lowest BCUT2D eigenvalue weighted by Crippen LogP contribution is -2.49. The van der Waals surface area contributed by atoms with Crippen LogP contribution in [0, 0.1) is 5.82 Å². The minimum atomic E-state index is -1.02. The van der Waals surface area contributed by atoms with Crippen molar-refractivity contribution in [1.82, 2.24) is 30.8 Å². The number of hydrogen-bond donors (Lipinski definition) is 4. The predicted octanol–water partition coefficient (Wildman–Crippen LogP) is 2.88. The molecule has 11 heteroatoms. The van der Waals surface area contributed by atoms with E-state index in [4.69, 9.17) is 0 Å². The monoisotopic (exact) mass is 570 g/mol. The van der Waals surface area contributed by atoms with Crippen molar-refractivity contribution in [1.29, 1.82) is 0 Å². The van der Waals surface area contributed by atoms with Gasteiger partial charge in [0, 0.05) is 18.7 Å². The molecule has 3 aromatic carbocycles. The largest absolute Gasteiger partial charge is 0.355 e. The highest BCUT2D eigenvalue weighted by Gasteiger charge is 2.27. The summed E-state index contributed by atoms with van der Waals surface area (Å²) in [6, 6.07) is 16.6. The van der Waals surface area contributed by atoms with Gasteiger partial charge in [-0.05, 0) is 61.2 Å². The number of aryl methyl sites for hydroxylation is 1. The van der Waals surface area contributed by atoms with Crippen molar-refractivity contribution in [3.8, 4) is 0 Å². The Hall–Kier alpha value is -5.06. The number of aromatic amines is 1. The number of fused-ring (bicyclic) bond motifs is 3. The van der Waals surface area contributed by atoms with E-state index in [-0.39, 0.29) is 24.6 Å². The lowest BCUT2D eigenvalue weighted by Gasteiger charge is -2.29. The maximum Gasteiger partial charge on any atom is 0.254 e. The van der Waals surface area contributed by atoms with Crippen LogP contribution in [0.15, 0.2) is 73.1 Å². The Morgan fingerprint density at radius 1 is 1.00 bits per heavy atom. The smallest absolute Gasteiger partial charge is 0.254 e. The van der Waals surface area contributed by atoms with Crippen LogP contribution in [0.1, 0.15) is 51.2 Å². The fourth-order valence-electron chi connectivity index (χ4n) is 4.90. The maximum atomic E-state index is 14.5. The van der Waals surface area contributed by atoms with Crippen LogP contribution in [0.5, 0.6) is 0 Å². The predicted molar refractivity (Wildman–Crippen MR) is 154 cm³/mol. The molecule has 42 heavy (non-hydrogen) atoms. The molecule has 10 nitrogen and oxygen atoms in total. The third kappa shape index (κ3) is 6.63. The van der Waals surface area contributed by atoms with Gasteiger partial charge in [-0.1, -0.05) is 36.4 Å². The van der Waals surface area contributed by atoms with E-state index in [0.717, 1.165) is 0 Å². The number of nitrogens with one attached hydrogen (secondary N) is 4. The Labute approximate surface area is 241 Å². The first-order valence-corrected chi connectivity index (χ1v) is 13.7. The fraction of sp³-hybridized carbons (Fsp3) is 0.258. The van der Waals surface area contributed by atoms with Gasteiger partial charge in [-0.15, -0.1) is 0 Å². The Bertz CT molecular complexity index is 1620. The highest BCUT2D eigenvalue weighted by Crippen LogP contribution is 2.19. The summed E-state index contributed by atoms with van der Waals surface area (Å²) in [5.41, 5.74) is 2.98. The Morgan fingerprint density at radius 2 is 1.81 bits per heavy atom. The van der Waals surface area contributed by atoms with E-state index >= 15 is 0 Å². The minimum Gasteiger partial charge on any atom is -0.355 e. The molecule has 2 atom stereocenters. The number of carbonyl (C=O) groups excluding carboxylic acids is 4. The summed E-state index contributed by atoms with van der Waals surface area (Å²) in [5.74, 6) is -2.70. The number of hydrogen-bond acceptors (Lipinski definition) is 5. The van der Waals surface area contributed by atoms with Crippen molar-refractivity contribution in [2.24, 2.45) is 0 Å². The quantitative estimate of drug-likeness (QED) is 0.294. The Morgan fingerprint density at radius 3 is 2.62 bits per heavy atom. The maximum absolute atomic E-state index is 14.5. The number of amides is 4. The highest BCUT2D eigenvalue weighted by atomic mass is 19.1. The van der Waals surface area contributed by atoms with Crippen molar-refractivity contribution in [2.75, 3.05) is 19.6 Å². The molecule has 0 radical (unpaired) electrons. The Kier molecular flexibility index (Phi) is 8.56. The lowest BCUT2D eigenvalue weighted by molar-refractivity contribution is -0.123. The van der Waals surface area contributed by atoms with E-state index in [1.807, 2.05) is 6.07 Å². The normalized spacial score (nSPS) is 19.0. The van der Waals surface area contributed by atoms with Gasteiger partial charge in [0.15, 0.2) is 0 Å². The standard InChI is InChI=1S/C31H31FN6O4/c1-19-29(40)37-27(21-7-3-2-4-8-21)16-38(31(42)22-10-12-25-26(15-22)35-18-34-25)17-28(39)33-13-5-6-20-9-11-24(32)23(14-20)30(41)36-19/h2-4,7-12,14-15,18-19,27H,5-6,13,16-17H2,1H3,(H,33,39)(H,34,35)(H,36,41)(H,37,40)/t19-,27-/m1/s1. The summed E-state index contributed by atoms with van der Waals surface area (Å²) in [6.07, 6.45) is 2.55. The van der Waals surface area contributed by atoms with Crippen LogP contribution in [0.2, 0.25) is 0 Å². The van der Waals surface area contributed by atoms with Crippen molar-refractivity contribution < 1.29 is 23.6 Å². The molecule has 0 spiro atoms. The molecular weight excluding hydrogens is 539 g/mol. The van der Waals surface area contributed by atoms with E-state index in [0.29, 0.717) is 47.1 Å². The molecule has 0 saturated heterocycles. The molecular formula is C31H31FN6O4. The van der Waals surface area contributed by atoms with Gasteiger partial charge in [-0.25, -0.2) is 9.37 Å². The zero-order chi connectivity index (χ0) is 29.6. The minimum absolute atomic E-state index is 0.0287. The van der Waals surface area contributed by atoms with Crippen molar-refractivity contribution >= 4 is 34.7 Å². The zero-order valence-corrected chi connectivity index (χ0v) is 23.0. The first-order valence-electron chi connectivity index (χ1n) is 13.7. The molecule has 0 saturated carbocycles. The summed E-state index contributed by atoms with van der Waals surface area (Å²) < 4.78 is 14.5. The molecule has 216 valence electrons. The van der Waals surface area contributed by atoms with E-state index < -0.39 is 35.6 Å². The van der Waals surface area contributed by atoms with Gasteiger partial charge in [0.1, 0.15) is 11.9 Å². The SMILES string of the molecule is C[C@H]1NC(=O)c2cc(ccc2F)CCCNC(=O)CN(C(=O)c2ccc3nc[nH]c3c2)C[C@H](c2ccccc2)NC1=O.